The number of benzene rings is 1. The van der Waals surface area contributed by atoms with E-state index in [9.17, 15) is 4.79 Å². The van der Waals surface area contributed by atoms with Crippen LogP contribution in [0.2, 0.25) is 0 Å². The average Bonchev–Trinajstić information content (AvgIpc) is 2.75. The molecule has 3 atom stereocenters. The van der Waals surface area contributed by atoms with E-state index in [-0.39, 0.29) is 5.56 Å². The number of pyridine rings is 2. The molecule has 3 aromatic rings. The van der Waals surface area contributed by atoms with E-state index in [1.54, 1.807) is 4.90 Å². The topological polar surface area (TPSA) is 43.8 Å². The second-order valence-electron chi connectivity index (χ2n) is 9.58. The van der Waals surface area contributed by atoms with Gasteiger partial charge in [-0.1, -0.05) is 30.3 Å². The number of nitrogens with zero attached hydrogens (tertiary/aromatic N) is 2. The number of piperidine rings is 1. The smallest absolute Gasteiger partial charge is 0.258 e. The molecule has 2 aromatic heterocycles. The van der Waals surface area contributed by atoms with E-state index < -0.39 is 0 Å². The Morgan fingerprint density at radius 3 is 2.68 bits per heavy atom. The molecule has 1 aromatic carbocycles. The number of rotatable bonds is 5. The Balaban J connectivity index is 1.45. The predicted octanol–water partition coefficient (Wildman–Crippen LogP) is 0.757. The van der Waals surface area contributed by atoms with Crippen LogP contribution < -0.4 is 15.4 Å². The summed E-state index contributed by atoms with van der Waals surface area (Å²) in [5, 5.41) is 0. The molecule has 2 bridgehead atoms. The standard InChI is InChI=1S/C26H30N4O/c1-28(2)16-20-7-3-4-9-23(20)24-10-11-25-21-13-19(15-30(25)26(24)31)14-29(17-21)18-22-8-5-6-12-27-22/h3-12,19,21H,13-18H2,1-2H3/p+2/t19-,21+/m0/s1. The number of hydrogen-bond acceptors (Lipinski definition) is 2. The molecule has 1 saturated heterocycles. The summed E-state index contributed by atoms with van der Waals surface area (Å²) >= 11 is 0. The maximum absolute atomic E-state index is 13.6. The Morgan fingerprint density at radius 1 is 1.03 bits per heavy atom. The summed E-state index contributed by atoms with van der Waals surface area (Å²) in [4.78, 5) is 21.1. The summed E-state index contributed by atoms with van der Waals surface area (Å²) in [5.74, 6) is 1.01. The van der Waals surface area contributed by atoms with Crippen molar-refractivity contribution >= 4 is 0 Å². The zero-order valence-electron chi connectivity index (χ0n) is 18.5. The molecule has 0 amide bonds. The van der Waals surface area contributed by atoms with Gasteiger partial charge in [-0.3, -0.25) is 9.78 Å². The van der Waals surface area contributed by atoms with Crippen LogP contribution in [-0.4, -0.2) is 36.7 Å². The summed E-state index contributed by atoms with van der Waals surface area (Å²) in [6.07, 6.45) is 3.08. The highest BCUT2D eigenvalue weighted by Gasteiger charge is 2.37. The van der Waals surface area contributed by atoms with Crippen molar-refractivity contribution in [2.45, 2.75) is 32.0 Å². The zero-order valence-corrected chi connectivity index (χ0v) is 18.5. The molecule has 2 aliphatic rings. The van der Waals surface area contributed by atoms with Crippen molar-refractivity contribution in [3.8, 4) is 11.1 Å². The minimum absolute atomic E-state index is 0.182. The number of fused-ring (bicyclic) bond motifs is 4. The van der Waals surface area contributed by atoms with E-state index in [0.717, 1.165) is 49.5 Å². The predicted molar refractivity (Wildman–Crippen MR) is 122 cm³/mol. The van der Waals surface area contributed by atoms with Gasteiger partial charge in [0, 0.05) is 41.4 Å². The summed E-state index contributed by atoms with van der Waals surface area (Å²) in [6.45, 7) is 4.91. The van der Waals surface area contributed by atoms with Gasteiger partial charge < -0.3 is 14.4 Å². The van der Waals surface area contributed by atoms with Crippen molar-refractivity contribution in [1.29, 1.82) is 0 Å². The molecule has 1 fully saturated rings. The van der Waals surface area contributed by atoms with Crippen molar-refractivity contribution in [2.75, 3.05) is 27.2 Å². The largest absolute Gasteiger partial charge is 0.336 e. The molecular weight excluding hydrogens is 384 g/mol. The Kier molecular flexibility index (Phi) is 5.47. The lowest BCUT2D eigenvalue weighted by Crippen LogP contribution is -3.13. The van der Waals surface area contributed by atoms with Crippen LogP contribution in [0.25, 0.3) is 11.1 Å². The molecule has 0 aliphatic carbocycles. The van der Waals surface area contributed by atoms with Gasteiger partial charge in [0.05, 0.1) is 32.9 Å². The van der Waals surface area contributed by atoms with Crippen LogP contribution in [0.15, 0.2) is 65.6 Å². The highest BCUT2D eigenvalue weighted by Crippen LogP contribution is 2.32. The molecule has 5 rings (SSSR count). The molecule has 160 valence electrons. The summed E-state index contributed by atoms with van der Waals surface area (Å²) in [5.41, 5.74) is 5.73. The van der Waals surface area contributed by atoms with Crippen LogP contribution in [0.5, 0.6) is 0 Å². The minimum Gasteiger partial charge on any atom is -0.336 e. The Labute approximate surface area is 184 Å². The van der Waals surface area contributed by atoms with Gasteiger partial charge in [0.2, 0.25) is 0 Å². The van der Waals surface area contributed by atoms with Crippen LogP contribution in [-0.2, 0) is 19.6 Å². The van der Waals surface area contributed by atoms with Gasteiger partial charge in [0.25, 0.3) is 5.56 Å². The third-order valence-corrected chi connectivity index (χ3v) is 6.81. The Hall–Kier alpha value is -2.76. The van der Waals surface area contributed by atoms with Crippen molar-refractivity contribution in [2.24, 2.45) is 5.92 Å². The van der Waals surface area contributed by atoms with Crippen molar-refractivity contribution in [3.05, 3.63) is 88.1 Å². The molecular formula is C26H32N4O+2. The number of likely N-dealkylation sites (tertiary alicyclic amines) is 1. The highest BCUT2D eigenvalue weighted by atomic mass is 16.1. The molecule has 5 nitrogen and oxygen atoms in total. The van der Waals surface area contributed by atoms with Crippen molar-refractivity contribution in [3.63, 3.8) is 0 Å². The number of aromatic nitrogens is 2. The Bertz CT molecular complexity index is 1120. The number of nitrogens with one attached hydrogen (secondary N) is 2. The second-order valence-corrected chi connectivity index (χ2v) is 9.58. The first-order chi connectivity index (χ1) is 15.1. The third kappa shape index (κ3) is 4.08. The van der Waals surface area contributed by atoms with Gasteiger partial charge in [0.1, 0.15) is 13.1 Å². The lowest BCUT2D eigenvalue weighted by Gasteiger charge is -2.40. The van der Waals surface area contributed by atoms with Crippen LogP contribution in [0.4, 0.5) is 0 Å². The molecule has 2 N–H and O–H groups in total. The number of quaternary nitrogens is 2. The van der Waals surface area contributed by atoms with Gasteiger partial charge >= 0.3 is 0 Å². The first kappa shape index (κ1) is 20.2. The van der Waals surface area contributed by atoms with Crippen molar-refractivity contribution < 1.29 is 9.80 Å². The summed E-state index contributed by atoms with van der Waals surface area (Å²) in [6, 6.07) is 18.8. The lowest BCUT2D eigenvalue weighted by atomic mass is 9.82. The van der Waals surface area contributed by atoms with Gasteiger partial charge in [-0.05, 0) is 36.2 Å². The van der Waals surface area contributed by atoms with Gasteiger partial charge in [-0.25, -0.2) is 0 Å². The third-order valence-electron chi connectivity index (χ3n) is 6.81. The SMILES string of the molecule is C[NH+](C)Cc1ccccc1-c1ccc2n(c1=O)C[C@H]1C[C@@H]2C[NH+](Cc2ccccn2)C1. The van der Waals surface area contributed by atoms with Crippen LogP contribution in [0.1, 0.15) is 29.3 Å². The first-order valence-corrected chi connectivity index (χ1v) is 11.4. The molecule has 4 heterocycles. The molecule has 2 aliphatic heterocycles. The molecule has 31 heavy (non-hydrogen) atoms. The first-order valence-electron chi connectivity index (χ1n) is 11.4. The van der Waals surface area contributed by atoms with E-state index in [4.69, 9.17) is 0 Å². The van der Waals surface area contributed by atoms with E-state index in [2.05, 4.69) is 66.1 Å². The fraction of sp³-hybridized carbons (Fsp3) is 0.385. The molecule has 0 radical (unpaired) electrons. The lowest BCUT2D eigenvalue weighted by molar-refractivity contribution is -0.924. The fourth-order valence-electron chi connectivity index (χ4n) is 5.60. The van der Waals surface area contributed by atoms with E-state index in [0.29, 0.717) is 11.8 Å². The highest BCUT2D eigenvalue weighted by molar-refractivity contribution is 5.66. The fourth-order valence-corrected chi connectivity index (χ4v) is 5.60. The van der Waals surface area contributed by atoms with E-state index in [1.165, 1.54) is 22.6 Å². The number of hydrogen-bond donors (Lipinski definition) is 2. The maximum Gasteiger partial charge on any atom is 0.258 e. The maximum atomic E-state index is 13.6. The van der Waals surface area contributed by atoms with E-state index in [1.807, 2.05) is 18.3 Å². The van der Waals surface area contributed by atoms with Gasteiger partial charge in [-0.15, -0.1) is 0 Å². The molecule has 0 spiro atoms. The van der Waals surface area contributed by atoms with Crippen LogP contribution in [0, 0.1) is 5.92 Å². The van der Waals surface area contributed by atoms with Crippen LogP contribution >= 0.6 is 0 Å². The average molecular weight is 417 g/mol. The monoisotopic (exact) mass is 416 g/mol. The zero-order chi connectivity index (χ0) is 21.4. The van der Waals surface area contributed by atoms with E-state index >= 15 is 0 Å². The Morgan fingerprint density at radius 2 is 1.87 bits per heavy atom. The molecule has 0 saturated carbocycles. The van der Waals surface area contributed by atoms with Crippen molar-refractivity contribution in [1.82, 2.24) is 9.55 Å². The van der Waals surface area contributed by atoms with Gasteiger partial charge in [0.15, 0.2) is 0 Å². The minimum atomic E-state index is 0.182. The normalized spacial score (nSPS) is 22.4. The molecule has 1 unspecified atom stereocenters. The van der Waals surface area contributed by atoms with Crippen LogP contribution in [0.3, 0.4) is 0 Å². The van der Waals surface area contributed by atoms with Gasteiger partial charge in [-0.2, -0.15) is 0 Å². The summed E-state index contributed by atoms with van der Waals surface area (Å²) < 4.78 is 2.09. The summed E-state index contributed by atoms with van der Waals surface area (Å²) in [7, 11) is 4.30. The molecule has 5 heteroatoms. The second kappa shape index (κ2) is 8.40. The quantitative estimate of drug-likeness (QED) is 0.645.